The fraction of sp³-hybridized carbons (Fsp3) is 0.462. The Kier molecular flexibility index (Phi) is 7.23. The highest BCUT2D eigenvalue weighted by Crippen LogP contribution is 2.33. The van der Waals surface area contributed by atoms with Crippen LogP contribution in [0.1, 0.15) is 31.2 Å². The molecule has 11 nitrogen and oxygen atoms in total. The fourth-order valence-electron chi connectivity index (χ4n) is 4.56. The number of pyridine rings is 1. The van der Waals surface area contributed by atoms with Gasteiger partial charge in [0.1, 0.15) is 16.5 Å². The van der Waals surface area contributed by atoms with Gasteiger partial charge in [0.2, 0.25) is 5.88 Å². The molecule has 1 saturated carbocycles. The lowest BCUT2D eigenvalue weighted by Gasteiger charge is -2.12. The Bertz CT molecular complexity index is 1500. The number of sulfone groups is 1. The molecule has 2 atom stereocenters. The van der Waals surface area contributed by atoms with E-state index in [1.165, 1.54) is 23.5 Å². The van der Waals surface area contributed by atoms with Crippen molar-refractivity contribution >= 4 is 48.3 Å². The second kappa shape index (κ2) is 10.8. The van der Waals surface area contributed by atoms with Gasteiger partial charge in [-0.3, -0.25) is 10.1 Å². The summed E-state index contributed by atoms with van der Waals surface area (Å²) in [4.78, 5) is 31.1. The molecule has 1 amide bonds. The number of amides is 1. The molecule has 1 aromatic carbocycles. The van der Waals surface area contributed by atoms with Crippen molar-refractivity contribution in [2.75, 3.05) is 38.7 Å². The first-order valence-corrected chi connectivity index (χ1v) is 15.3. The Balaban J connectivity index is 1.21. The van der Waals surface area contributed by atoms with E-state index < -0.39 is 15.7 Å². The topological polar surface area (TPSA) is 132 Å². The van der Waals surface area contributed by atoms with Crippen molar-refractivity contribution in [3.05, 3.63) is 42.0 Å². The van der Waals surface area contributed by atoms with Crippen LogP contribution < -0.4 is 10.1 Å². The lowest BCUT2D eigenvalue weighted by Crippen LogP contribution is -2.25. The van der Waals surface area contributed by atoms with Gasteiger partial charge in [0.25, 0.3) is 5.91 Å². The zero-order valence-electron chi connectivity index (χ0n) is 21.4. The summed E-state index contributed by atoms with van der Waals surface area (Å²) in [5, 5.41) is 6.99. The van der Waals surface area contributed by atoms with Gasteiger partial charge in [-0.1, -0.05) is 28.6 Å². The second-order valence-electron chi connectivity index (χ2n) is 10.0. The molecule has 13 heteroatoms. The molecule has 4 heterocycles. The number of thiazole rings is 1. The van der Waals surface area contributed by atoms with Crippen LogP contribution in [0.4, 0.5) is 5.13 Å². The van der Waals surface area contributed by atoms with Crippen LogP contribution in [0.3, 0.4) is 0 Å². The van der Waals surface area contributed by atoms with Gasteiger partial charge >= 0.3 is 0 Å². The van der Waals surface area contributed by atoms with Crippen molar-refractivity contribution in [1.29, 1.82) is 0 Å². The van der Waals surface area contributed by atoms with Crippen LogP contribution in [0.5, 0.6) is 5.88 Å². The second-order valence-corrected chi connectivity index (χ2v) is 13.2. The Morgan fingerprint density at radius 3 is 2.62 bits per heavy atom. The minimum atomic E-state index is -3.35. The molecule has 1 aliphatic carbocycles. The van der Waals surface area contributed by atoms with Crippen molar-refractivity contribution in [1.82, 2.24) is 14.9 Å². The molecule has 206 valence electrons. The van der Waals surface area contributed by atoms with Crippen LogP contribution in [-0.2, 0) is 24.2 Å². The van der Waals surface area contributed by atoms with Gasteiger partial charge in [0.15, 0.2) is 26.8 Å². The normalized spacial score (nSPS) is 22.3. The monoisotopic (exact) mass is 571 g/mol. The first-order valence-electron chi connectivity index (χ1n) is 13.0. The van der Waals surface area contributed by atoms with Crippen molar-refractivity contribution in [2.45, 2.75) is 48.0 Å². The summed E-state index contributed by atoms with van der Waals surface area (Å²) in [7, 11) is -1.29. The van der Waals surface area contributed by atoms with Crippen molar-refractivity contribution in [3.8, 4) is 5.88 Å². The zero-order valence-corrected chi connectivity index (χ0v) is 23.0. The minimum Gasteiger partial charge on any atom is -0.473 e. The van der Waals surface area contributed by atoms with Crippen LogP contribution in [-0.4, -0.2) is 85.7 Å². The number of fused-ring (bicyclic) bond motifs is 1. The first-order chi connectivity index (χ1) is 18.8. The van der Waals surface area contributed by atoms with Gasteiger partial charge in [-0.2, -0.15) is 0 Å². The number of nitrogens with one attached hydrogen (secondary N) is 1. The molecule has 2 saturated heterocycles. The van der Waals surface area contributed by atoms with Crippen LogP contribution in [0, 0.1) is 0 Å². The number of benzene rings is 1. The summed E-state index contributed by atoms with van der Waals surface area (Å²) in [6.45, 7) is 2.80. The van der Waals surface area contributed by atoms with E-state index in [9.17, 15) is 13.2 Å². The summed E-state index contributed by atoms with van der Waals surface area (Å²) in [5.41, 5.74) is 1.08. The van der Waals surface area contributed by atoms with Gasteiger partial charge in [-0.15, -0.1) is 0 Å². The predicted octanol–water partition coefficient (Wildman–Crippen LogP) is 2.86. The summed E-state index contributed by atoms with van der Waals surface area (Å²) in [5.74, 6) is -0.00348. The smallest absolute Gasteiger partial charge is 0.280 e. The molecule has 3 fully saturated rings. The Morgan fingerprint density at radius 1 is 1.10 bits per heavy atom. The molecule has 2 aromatic heterocycles. The number of nitrogens with zero attached hydrogens (tertiary/aromatic N) is 4. The van der Waals surface area contributed by atoms with E-state index in [2.05, 4.69) is 32.4 Å². The summed E-state index contributed by atoms with van der Waals surface area (Å²) in [6, 6.07) is 9.77. The van der Waals surface area contributed by atoms with Gasteiger partial charge < -0.3 is 19.2 Å². The van der Waals surface area contributed by atoms with E-state index in [-0.39, 0.29) is 28.1 Å². The van der Waals surface area contributed by atoms with Crippen molar-refractivity contribution in [3.63, 3.8) is 0 Å². The molecule has 3 aromatic rings. The minimum absolute atomic E-state index is 0.0128. The number of carbonyl (C=O) groups excluding carboxylic acids is 1. The lowest BCUT2D eigenvalue weighted by molar-refractivity contribution is -0.110. The number of likely N-dealkylation sites (tertiary alicyclic amines) is 1. The summed E-state index contributed by atoms with van der Waals surface area (Å²) < 4.78 is 36.6. The molecule has 0 spiro atoms. The summed E-state index contributed by atoms with van der Waals surface area (Å²) in [6.07, 6.45) is 2.82. The highest BCUT2D eigenvalue weighted by molar-refractivity contribution is 7.92. The van der Waals surface area contributed by atoms with Crippen LogP contribution in [0.25, 0.3) is 10.3 Å². The molecule has 6 rings (SSSR count). The van der Waals surface area contributed by atoms with E-state index in [1.54, 1.807) is 18.2 Å². The number of aromatic nitrogens is 2. The third-order valence-corrected chi connectivity index (χ3v) is 10.1. The van der Waals surface area contributed by atoms with Gasteiger partial charge in [-0.25, -0.2) is 18.4 Å². The number of anilines is 1. The van der Waals surface area contributed by atoms with Gasteiger partial charge in [-0.05, 0) is 44.5 Å². The average Bonchev–Trinajstić information content (AvgIpc) is 3.30. The van der Waals surface area contributed by atoms with Gasteiger partial charge in [0.05, 0.1) is 23.4 Å². The molecule has 0 bridgehead atoms. The highest BCUT2D eigenvalue weighted by atomic mass is 32.2. The van der Waals surface area contributed by atoms with E-state index in [1.807, 2.05) is 6.07 Å². The third kappa shape index (κ3) is 5.91. The van der Waals surface area contributed by atoms with Crippen LogP contribution in [0.15, 0.2) is 46.4 Å². The van der Waals surface area contributed by atoms with Crippen LogP contribution >= 0.6 is 11.3 Å². The van der Waals surface area contributed by atoms with Crippen molar-refractivity contribution < 1.29 is 27.5 Å². The van der Waals surface area contributed by atoms with E-state index >= 15 is 0 Å². The molecular weight excluding hydrogens is 542 g/mol. The molecule has 0 radical (unpaired) electrons. The molecular formula is C26H29N5O6S2. The van der Waals surface area contributed by atoms with Crippen molar-refractivity contribution in [2.24, 2.45) is 5.16 Å². The fourth-order valence-corrected chi connectivity index (χ4v) is 7.04. The van der Waals surface area contributed by atoms with E-state index in [4.69, 9.17) is 14.3 Å². The summed E-state index contributed by atoms with van der Waals surface area (Å²) >= 11 is 1.23. The molecule has 2 aliphatic heterocycles. The molecule has 39 heavy (non-hydrogen) atoms. The lowest BCUT2D eigenvalue weighted by atomic mass is 10.1. The average molecular weight is 572 g/mol. The predicted molar refractivity (Wildman–Crippen MR) is 146 cm³/mol. The van der Waals surface area contributed by atoms with E-state index in [0.29, 0.717) is 59.4 Å². The quantitative estimate of drug-likeness (QED) is 0.304. The maximum absolute atomic E-state index is 13.4. The first kappa shape index (κ1) is 26.1. The van der Waals surface area contributed by atoms with Gasteiger partial charge in [0, 0.05) is 31.1 Å². The maximum Gasteiger partial charge on any atom is 0.280 e. The number of oxime groups is 1. The molecule has 3 aliphatic rings. The standard InChI is InChI=1S/C26H29N5O6S2/c1-31-12-10-17(14-31)36-22-9-8-21-25(28-22)38-26(27-21)29-24(32)23(30-37-18-11-13-35-15-18)16-2-4-19(5-3-16)39(33,34)20-6-7-20/h2-5,8-9,17-18,20H,6-7,10-15H2,1H3,(H,27,29,32)/b30-23+/t17-,18-/m1/s1. The molecule has 0 unspecified atom stereocenters. The van der Waals surface area contributed by atoms with E-state index in [0.717, 1.165) is 19.5 Å². The Hall–Kier alpha value is -3.13. The number of carbonyl (C=O) groups is 1. The number of ether oxygens (including phenoxy) is 2. The third-order valence-electron chi connectivity index (χ3n) is 6.90. The number of likely N-dealkylation sites (N-methyl/N-ethyl adjacent to an activating group) is 1. The highest BCUT2D eigenvalue weighted by Gasteiger charge is 2.37. The number of rotatable bonds is 9. The maximum atomic E-state index is 13.4. The Morgan fingerprint density at radius 2 is 1.92 bits per heavy atom. The zero-order chi connectivity index (χ0) is 27.0. The molecule has 1 N–H and O–H groups in total. The number of hydrogen-bond acceptors (Lipinski definition) is 11. The van der Waals surface area contributed by atoms with Crippen LogP contribution in [0.2, 0.25) is 0 Å². The largest absolute Gasteiger partial charge is 0.473 e. The Labute approximate surface area is 230 Å². The number of hydrogen-bond donors (Lipinski definition) is 1. The SMILES string of the molecule is CN1CC[C@@H](Oc2ccc3nc(NC(=O)/C(=N/O[C@@H]4CCOC4)c4ccc(S(=O)(=O)C5CC5)cc4)sc3n2)C1.